The third-order valence-electron chi connectivity index (χ3n) is 5.24. The minimum Gasteiger partial charge on any atom is -0.379 e. The first-order valence-electron chi connectivity index (χ1n) is 8.95. The Morgan fingerprint density at radius 1 is 1.15 bits per heavy atom. The van der Waals surface area contributed by atoms with Crippen molar-refractivity contribution >= 4 is 12.4 Å². The van der Waals surface area contributed by atoms with Gasteiger partial charge in [-0.05, 0) is 36.1 Å². The third-order valence-corrected chi connectivity index (χ3v) is 5.24. The molecule has 5 heteroatoms. The molecule has 1 aromatic carbocycles. The Hall–Kier alpha value is -1.93. The smallest absolute Gasteiger partial charge is 0.111 e. The van der Waals surface area contributed by atoms with Gasteiger partial charge in [0.05, 0.1) is 19.3 Å². The summed E-state index contributed by atoms with van der Waals surface area (Å²) in [4.78, 5) is 6.71. The van der Waals surface area contributed by atoms with Gasteiger partial charge in [0.1, 0.15) is 5.41 Å². The van der Waals surface area contributed by atoms with Crippen LogP contribution in [0.3, 0.4) is 0 Å². The first-order valence-corrected chi connectivity index (χ1v) is 8.95. The number of hydrogen-bond acceptors (Lipinski definition) is 4. The number of pyridine rings is 1. The Bertz CT molecular complexity index is 657. The maximum absolute atomic E-state index is 10.3. The maximum Gasteiger partial charge on any atom is 0.111 e. The van der Waals surface area contributed by atoms with Gasteiger partial charge in [0.15, 0.2) is 0 Å². The fourth-order valence-electron chi connectivity index (χ4n) is 3.69. The zero-order chi connectivity index (χ0) is 17.5. The molecule has 2 unspecified atom stereocenters. The van der Waals surface area contributed by atoms with Crippen molar-refractivity contribution < 1.29 is 4.74 Å². The first-order chi connectivity index (χ1) is 12.3. The summed E-state index contributed by atoms with van der Waals surface area (Å²) in [5.74, 6) is 0.173. The third kappa shape index (κ3) is 4.24. The maximum atomic E-state index is 10.3. The zero-order valence-corrected chi connectivity index (χ0v) is 16.0. The topological polar surface area (TPSA) is 49.1 Å². The fourth-order valence-corrected chi connectivity index (χ4v) is 3.69. The molecule has 2 aromatic rings. The first kappa shape index (κ1) is 20.4. The Kier molecular flexibility index (Phi) is 7.59. The molecular weight excluding hydrogens is 346 g/mol. The molecule has 0 spiro atoms. The number of morpholine rings is 1. The summed E-state index contributed by atoms with van der Waals surface area (Å²) in [7, 11) is 0. The predicted molar refractivity (Wildman–Crippen MR) is 105 cm³/mol. The number of halogens is 1. The lowest BCUT2D eigenvalue weighted by atomic mass is 9.66. The standard InChI is InChI=1S/C21H25N3O.ClH/c1-18(9-11-24-12-14-25-15-13-24)21(17-22,19-6-3-2-4-7-19)20-8-5-10-23-16-20;/h2-8,10,16,18H,9,11-15H2,1H3;1H. The highest BCUT2D eigenvalue weighted by Gasteiger charge is 2.40. The number of ether oxygens (including phenoxy) is 1. The Balaban J connectivity index is 0.00000243. The molecule has 1 saturated heterocycles. The molecule has 1 fully saturated rings. The van der Waals surface area contributed by atoms with Crippen LogP contribution in [0.4, 0.5) is 0 Å². The van der Waals surface area contributed by atoms with Crippen LogP contribution in [-0.2, 0) is 10.2 Å². The summed E-state index contributed by atoms with van der Waals surface area (Å²) < 4.78 is 5.43. The van der Waals surface area contributed by atoms with E-state index in [0.717, 1.165) is 50.4 Å². The highest BCUT2D eigenvalue weighted by atomic mass is 35.5. The van der Waals surface area contributed by atoms with Gasteiger partial charge in [0.25, 0.3) is 0 Å². The van der Waals surface area contributed by atoms with Gasteiger partial charge < -0.3 is 4.74 Å². The van der Waals surface area contributed by atoms with Crippen LogP contribution < -0.4 is 0 Å². The molecule has 2 atom stereocenters. The van der Waals surface area contributed by atoms with Gasteiger partial charge in [-0.2, -0.15) is 5.26 Å². The zero-order valence-electron chi connectivity index (χ0n) is 15.2. The van der Waals surface area contributed by atoms with E-state index in [1.165, 1.54) is 0 Å². The minimum absolute atomic E-state index is 0. The average molecular weight is 372 g/mol. The molecule has 26 heavy (non-hydrogen) atoms. The predicted octanol–water partition coefficient (Wildman–Crippen LogP) is 3.67. The second-order valence-corrected chi connectivity index (χ2v) is 6.67. The lowest BCUT2D eigenvalue weighted by molar-refractivity contribution is 0.0349. The van der Waals surface area contributed by atoms with E-state index in [-0.39, 0.29) is 18.3 Å². The molecule has 138 valence electrons. The molecule has 0 bridgehead atoms. The molecule has 0 N–H and O–H groups in total. The molecular formula is C21H26ClN3O. The van der Waals surface area contributed by atoms with Crippen LogP contribution in [0.1, 0.15) is 24.5 Å². The van der Waals surface area contributed by atoms with Crippen LogP contribution in [0, 0.1) is 17.2 Å². The van der Waals surface area contributed by atoms with E-state index in [4.69, 9.17) is 4.74 Å². The van der Waals surface area contributed by atoms with E-state index in [9.17, 15) is 5.26 Å². The SMILES string of the molecule is CC(CCN1CCOCC1)C(C#N)(c1ccccc1)c1cccnc1.Cl. The summed E-state index contributed by atoms with van der Waals surface area (Å²) in [5, 5.41) is 10.3. The molecule has 1 aliphatic heterocycles. The van der Waals surface area contributed by atoms with Gasteiger partial charge in [-0.1, -0.05) is 43.3 Å². The second kappa shape index (κ2) is 9.68. The fraction of sp³-hybridized carbons (Fsp3) is 0.429. The van der Waals surface area contributed by atoms with E-state index >= 15 is 0 Å². The monoisotopic (exact) mass is 371 g/mol. The molecule has 3 rings (SSSR count). The van der Waals surface area contributed by atoms with Crippen LogP contribution in [0.25, 0.3) is 0 Å². The summed E-state index contributed by atoms with van der Waals surface area (Å²) in [6.07, 6.45) is 4.55. The van der Waals surface area contributed by atoms with E-state index < -0.39 is 5.41 Å². The van der Waals surface area contributed by atoms with Crippen molar-refractivity contribution in [1.82, 2.24) is 9.88 Å². The van der Waals surface area contributed by atoms with Crippen LogP contribution in [0.15, 0.2) is 54.9 Å². The number of nitrogens with zero attached hydrogens (tertiary/aromatic N) is 3. The number of benzene rings is 1. The minimum atomic E-state index is -0.679. The van der Waals surface area contributed by atoms with Crippen molar-refractivity contribution in [3.63, 3.8) is 0 Å². The van der Waals surface area contributed by atoms with Crippen LogP contribution >= 0.6 is 12.4 Å². The van der Waals surface area contributed by atoms with Crippen molar-refractivity contribution in [1.29, 1.82) is 5.26 Å². The van der Waals surface area contributed by atoms with E-state index in [2.05, 4.69) is 35.0 Å². The summed E-state index contributed by atoms with van der Waals surface area (Å²) in [6.45, 7) is 6.73. The summed E-state index contributed by atoms with van der Waals surface area (Å²) in [6, 6.07) is 16.7. The van der Waals surface area contributed by atoms with Gasteiger partial charge in [-0.25, -0.2) is 0 Å². The van der Waals surface area contributed by atoms with E-state index in [1.54, 1.807) is 6.20 Å². The lowest BCUT2D eigenvalue weighted by Gasteiger charge is -2.35. The number of aromatic nitrogens is 1. The molecule has 0 radical (unpaired) electrons. The molecule has 1 aromatic heterocycles. The summed E-state index contributed by atoms with van der Waals surface area (Å²) >= 11 is 0. The van der Waals surface area contributed by atoms with Crippen molar-refractivity contribution in [2.45, 2.75) is 18.8 Å². The van der Waals surface area contributed by atoms with Gasteiger partial charge in [-0.15, -0.1) is 12.4 Å². The van der Waals surface area contributed by atoms with Crippen LogP contribution in [-0.4, -0.2) is 42.7 Å². The van der Waals surface area contributed by atoms with Crippen LogP contribution in [0.5, 0.6) is 0 Å². The van der Waals surface area contributed by atoms with Crippen LogP contribution in [0.2, 0.25) is 0 Å². The highest BCUT2D eigenvalue weighted by Crippen LogP contribution is 2.40. The molecule has 0 amide bonds. The van der Waals surface area contributed by atoms with Gasteiger partial charge in [-0.3, -0.25) is 9.88 Å². The molecule has 4 nitrogen and oxygen atoms in total. The second-order valence-electron chi connectivity index (χ2n) is 6.67. The Labute approximate surface area is 162 Å². The van der Waals surface area contributed by atoms with Gasteiger partial charge >= 0.3 is 0 Å². The normalized spacial score (nSPS) is 18.2. The molecule has 0 saturated carbocycles. The van der Waals surface area contributed by atoms with Gasteiger partial charge in [0, 0.05) is 25.5 Å². The largest absolute Gasteiger partial charge is 0.379 e. The summed E-state index contributed by atoms with van der Waals surface area (Å²) in [5.41, 5.74) is 1.33. The molecule has 1 aliphatic rings. The van der Waals surface area contributed by atoms with Gasteiger partial charge in [0.2, 0.25) is 0 Å². The number of hydrogen-bond donors (Lipinski definition) is 0. The lowest BCUT2D eigenvalue weighted by Crippen LogP contribution is -2.40. The quantitative estimate of drug-likeness (QED) is 0.777. The Morgan fingerprint density at radius 2 is 1.85 bits per heavy atom. The van der Waals surface area contributed by atoms with Crippen molar-refractivity contribution in [2.24, 2.45) is 5.92 Å². The van der Waals surface area contributed by atoms with Crippen molar-refractivity contribution in [2.75, 3.05) is 32.8 Å². The number of nitriles is 1. The molecule has 0 aliphatic carbocycles. The Morgan fingerprint density at radius 3 is 2.46 bits per heavy atom. The average Bonchev–Trinajstić information content (AvgIpc) is 2.70. The van der Waals surface area contributed by atoms with E-state index in [0.29, 0.717) is 0 Å². The highest BCUT2D eigenvalue weighted by molar-refractivity contribution is 5.85. The van der Waals surface area contributed by atoms with Crippen molar-refractivity contribution in [3.8, 4) is 6.07 Å². The van der Waals surface area contributed by atoms with E-state index in [1.807, 2.05) is 36.5 Å². The van der Waals surface area contributed by atoms with Crippen molar-refractivity contribution in [3.05, 3.63) is 66.0 Å². The number of rotatable bonds is 6. The molecule has 2 heterocycles.